The molecule has 3 heteroatoms. The Kier molecular flexibility index (Phi) is 5.56. The van der Waals surface area contributed by atoms with Gasteiger partial charge in [0.1, 0.15) is 0 Å². The number of rotatable bonds is 5. The third-order valence-corrected chi connectivity index (χ3v) is 3.89. The van der Waals surface area contributed by atoms with Crippen molar-refractivity contribution in [1.82, 2.24) is 4.90 Å². The van der Waals surface area contributed by atoms with Crippen molar-refractivity contribution in [3.63, 3.8) is 0 Å². The Balaban J connectivity index is 1.97. The lowest BCUT2D eigenvalue weighted by atomic mass is 10.1. The number of carbonyl (C=O) groups is 1. The van der Waals surface area contributed by atoms with Gasteiger partial charge in [0.15, 0.2) is 0 Å². The van der Waals surface area contributed by atoms with Crippen LogP contribution in [0, 0.1) is 27.7 Å². The van der Waals surface area contributed by atoms with Gasteiger partial charge in [0, 0.05) is 12.2 Å². The lowest BCUT2D eigenvalue weighted by molar-refractivity contribution is -0.117. The highest BCUT2D eigenvalue weighted by atomic mass is 16.2. The van der Waals surface area contributed by atoms with E-state index in [1.165, 1.54) is 16.7 Å². The molecule has 0 saturated heterocycles. The molecule has 0 heterocycles. The summed E-state index contributed by atoms with van der Waals surface area (Å²) in [7, 11) is 1.97. The molecular weight excluding hydrogens is 284 g/mol. The molecule has 2 aromatic rings. The zero-order valence-electron chi connectivity index (χ0n) is 14.7. The van der Waals surface area contributed by atoms with E-state index in [4.69, 9.17) is 0 Å². The van der Waals surface area contributed by atoms with Crippen molar-refractivity contribution in [2.75, 3.05) is 18.9 Å². The van der Waals surface area contributed by atoms with Gasteiger partial charge >= 0.3 is 0 Å². The highest BCUT2D eigenvalue weighted by Gasteiger charge is 2.10. The number of aryl methyl sites for hydroxylation is 4. The van der Waals surface area contributed by atoms with Crippen LogP contribution in [-0.2, 0) is 11.3 Å². The fraction of sp³-hybridized carbons (Fsp3) is 0.350. The molecule has 0 spiro atoms. The summed E-state index contributed by atoms with van der Waals surface area (Å²) < 4.78 is 0. The van der Waals surface area contributed by atoms with Gasteiger partial charge in [-0.3, -0.25) is 9.69 Å². The van der Waals surface area contributed by atoms with E-state index >= 15 is 0 Å². The number of likely N-dealkylation sites (N-methyl/N-ethyl adjacent to an activating group) is 1. The van der Waals surface area contributed by atoms with Crippen molar-refractivity contribution >= 4 is 11.6 Å². The first kappa shape index (κ1) is 17.2. The largest absolute Gasteiger partial charge is 0.324 e. The Morgan fingerprint density at radius 3 is 2.13 bits per heavy atom. The third kappa shape index (κ3) is 4.93. The molecule has 0 bridgehead atoms. The average molecular weight is 310 g/mol. The predicted molar refractivity (Wildman–Crippen MR) is 96.8 cm³/mol. The van der Waals surface area contributed by atoms with Crippen LogP contribution in [0.25, 0.3) is 0 Å². The molecule has 122 valence electrons. The maximum Gasteiger partial charge on any atom is 0.238 e. The van der Waals surface area contributed by atoms with Crippen LogP contribution in [0.3, 0.4) is 0 Å². The maximum atomic E-state index is 12.3. The molecule has 1 amide bonds. The van der Waals surface area contributed by atoms with Crippen LogP contribution in [0.2, 0.25) is 0 Å². The van der Waals surface area contributed by atoms with E-state index in [2.05, 4.69) is 37.4 Å². The predicted octanol–water partition coefficient (Wildman–Crippen LogP) is 3.99. The number of nitrogens with zero attached hydrogens (tertiary/aromatic N) is 1. The van der Waals surface area contributed by atoms with E-state index in [0.717, 1.165) is 23.4 Å². The standard InChI is InChI=1S/C20H26N2O/c1-14-9-15(2)11-18(10-14)12-22(5)13-19(23)21-20-16(3)7-6-8-17(20)4/h6-11H,12-13H2,1-5H3,(H,21,23). The van der Waals surface area contributed by atoms with Gasteiger partial charge in [-0.2, -0.15) is 0 Å². The fourth-order valence-corrected chi connectivity index (χ4v) is 2.96. The first-order chi connectivity index (χ1) is 10.8. The molecule has 0 aliphatic carbocycles. The second-order valence-corrected chi connectivity index (χ2v) is 6.48. The van der Waals surface area contributed by atoms with Gasteiger partial charge < -0.3 is 5.32 Å². The number of amides is 1. The third-order valence-electron chi connectivity index (χ3n) is 3.89. The first-order valence-electron chi connectivity index (χ1n) is 7.97. The van der Waals surface area contributed by atoms with E-state index in [9.17, 15) is 4.79 Å². The lowest BCUT2D eigenvalue weighted by Gasteiger charge is -2.18. The van der Waals surface area contributed by atoms with Gasteiger partial charge in [-0.1, -0.05) is 47.5 Å². The van der Waals surface area contributed by atoms with Crippen LogP contribution < -0.4 is 5.32 Å². The normalized spacial score (nSPS) is 10.9. The summed E-state index contributed by atoms with van der Waals surface area (Å²) in [4.78, 5) is 14.3. The average Bonchev–Trinajstić information content (AvgIpc) is 2.41. The number of carbonyl (C=O) groups excluding carboxylic acids is 1. The van der Waals surface area contributed by atoms with E-state index in [-0.39, 0.29) is 5.91 Å². The Morgan fingerprint density at radius 1 is 1.00 bits per heavy atom. The SMILES string of the molecule is Cc1cc(C)cc(CN(C)CC(=O)Nc2c(C)cccc2C)c1. The Morgan fingerprint density at radius 2 is 1.57 bits per heavy atom. The first-order valence-corrected chi connectivity index (χ1v) is 7.97. The summed E-state index contributed by atoms with van der Waals surface area (Å²) in [6.45, 7) is 9.38. The van der Waals surface area contributed by atoms with Crippen molar-refractivity contribution in [2.45, 2.75) is 34.2 Å². The molecule has 2 rings (SSSR count). The van der Waals surface area contributed by atoms with E-state index in [0.29, 0.717) is 6.54 Å². The summed E-state index contributed by atoms with van der Waals surface area (Å²) in [5.74, 6) is 0.0225. The number of hydrogen-bond acceptors (Lipinski definition) is 2. The number of hydrogen-bond donors (Lipinski definition) is 1. The van der Waals surface area contributed by atoms with Crippen LogP contribution in [0.5, 0.6) is 0 Å². The van der Waals surface area contributed by atoms with E-state index in [1.54, 1.807) is 0 Å². The molecule has 0 fully saturated rings. The smallest absolute Gasteiger partial charge is 0.238 e. The zero-order valence-corrected chi connectivity index (χ0v) is 14.7. The van der Waals surface area contributed by atoms with Gasteiger partial charge in [-0.05, 0) is 51.4 Å². The molecule has 0 unspecified atom stereocenters. The number of benzene rings is 2. The lowest BCUT2D eigenvalue weighted by Crippen LogP contribution is -2.30. The molecule has 2 aromatic carbocycles. The summed E-state index contributed by atoms with van der Waals surface area (Å²) in [6.07, 6.45) is 0. The van der Waals surface area contributed by atoms with Crippen molar-refractivity contribution in [3.05, 3.63) is 64.2 Å². The minimum atomic E-state index is 0.0225. The van der Waals surface area contributed by atoms with E-state index in [1.807, 2.05) is 44.0 Å². The number of para-hydroxylation sites is 1. The van der Waals surface area contributed by atoms with Gasteiger partial charge in [-0.15, -0.1) is 0 Å². The molecule has 23 heavy (non-hydrogen) atoms. The monoisotopic (exact) mass is 310 g/mol. The molecule has 0 atom stereocenters. The van der Waals surface area contributed by atoms with Crippen LogP contribution in [-0.4, -0.2) is 24.4 Å². The minimum absolute atomic E-state index is 0.0225. The highest BCUT2D eigenvalue weighted by Crippen LogP contribution is 2.19. The van der Waals surface area contributed by atoms with Gasteiger partial charge in [0.2, 0.25) is 5.91 Å². The van der Waals surface area contributed by atoms with Crippen molar-refractivity contribution in [3.8, 4) is 0 Å². The number of nitrogens with one attached hydrogen (secondary N) is 1. The Bertz CT molecular complexity index is 666. The molecule has 0 aliphatic rings. The molecule has 1 N–H and O–H groups in total. The highest BCUT2D eigenvalue weighted by molar-refractivity contribution is 5.93. The molecule has 0 radical (unpaired) electrons. The molecule has 3 nitrogen and oxygen atoms in total. The van der Waals surface area contributed by atoms with Gasteiger partial charge in [0.05, 0.1) is 6.54 Å². The molecule has 0 aromatic heterocycles. The molecule has 0 saturated carbocycles. The quantitative estimate of drug-likeness (QED) is 0.905. The minimum Gasteiger partial charge on any atom is -0.324 e. The van der Waals surface area contributed by atoms with Crippen LogP contribution in [0.15, 0.2) is 36.4 Å². The Labute approximate surface area is 139 Å². The van der Waals surface area contributed by atoms with Gasteiger partial charge in [0.25, 0.3) is 0 Å². The number of anilines is 1. The van der Waals surface area contributed by atoms with Crippen LogP contribution in [0.1, 0.15) is 27.8 Å². The maximum absolute atomic E-state index is 12.3. The summed E-state index contributed by atoms with van der Waals surface area (Å²) in [6, 6.07) is 12.5. The molecule has 0 aliphatic heterocycles. The summed E-state index contributed by atoms with van der Waals surface area (Å²) >= 11 is 0. The Hall–Kier alpha value is -2.13. The van der Waals surface area contributed by atoms with E-state index < -0.39 is 0 Å². The fourth-order valence-electron chi connectivity index (χ4n) is 2.96. The molecular formula is C20H26N2O. The van der Waals surface area contributed by atoms with Crippen molar-refractivity contribution < 1.29 is 4.79 Å². The van der Waals surface area contributed by atoms with Crippen molar-refractivity contribution in [2.24, 2.45) is 0 Å². The van der Waals surface area contributed by atoms with Crippen molar-refractivity contribution in [1.29, 1.82) is 0 Å². The van der Waals surface area contributed by atoms with Gasteiger partial charge in [-0.25, -0.2) is 0 Å². The second-order valence-electron chi connectivity index (χ2n) is 6.48. The topological polar surface area (TPSA) is 32.3 Å². The summed E-state index contributed by atoms with van der Waals surface area (Å²) in [5.41, 5.74) is 6.87. The van der Waals surface area contributed by atoms with Crippen LogP contribution in [0.4, 0.5) is 5.69 Å². The zero-order chi connectivity index (χ0) is 17.0. The second kappa shape index (κ2) is 7.42. The summed E-state index contributed by atoms with van der Waals surface area (Å²) in [5, 5.41) is 3.04. The van der Waals surface area contributed by atoms with Crippen LogP contribution >= 0.6 is 0 Å².